The summed E-state index contributed by atoms with van der Waals surface area (Å²) in [6.07, 6.45) is 1.98. The molecule has 1 aromatic heterocycles. The van der Waals surface area contributed by atoms with Gasteiger partial charge in [-0.15, -0.1) is 0 Å². The molecule has 20 heavy (non-hydrogen) atoms. The molecule has 0 spiro atoms. The molecule has 1 aromatic rings. The lowest BCUT2D eigenvalue weighted by atomic mass is 10.1. The molecule has 1 saturated heterocycles. The minimum atomic E-state index is -0.966. The first-order chi connectivity index (χ1) is 9.60. The van der Waals surface area contributed by atoms with Crippen LogP contribution < -0.4 is 0 Å². The quantitative estimate of drug-likeness (QED) is 0.885. The Balaban J connectivity index is 1.84. The van der Waals surface area contributed by atoms with Crippen molar-refractivity contribution >= 4 is 11.9 Å². The van der Waals surface area contributed by atoms with Gasteiger partial charge in [-0.3, -0.25) is 4.79 Å². The molecule has 6 nitrogen and oxygen atoms in total. The Hall–Kier alpha value is -1.82. The zero-order valence-electron chi connectivity index (χ0n) is 11.5. The van der Waals surface area contributed by atoms with Gasteiger partial charge in [0.25, 0.3) is 5.91 Å². The maximum Gasteiger partial charge on any atom is 0.329 e. The standard InChI is InChI=1S/C14H19NO5/c1-2-10-3-4-12(20-10)14(18)15-7-5-11(6-8-15)19-9-13(16)17/h3-4,11H,2,5-9H2,1H3,(H,16,17). The summed E-state index contributed by atoms with van der Waals surface area (Å²) in [4.78, 5) is 24.3. The van der Waals surface area contributed by atoms with Gasteiger partial charge in [0.15, 0.2) is 5.76 Å². The Morgan fingerprint density at radius 1 is 1.40 bits per heavy atom. The largest absolute Gasteiger partial charge is 0.480 e. The fourth-order valence-electron chi connectivity index (χ4n) is 2.25. The van der Waals surface area contributed by atoms with E-state index in [9.17, 15) is 9.59 Å². The van der Waals surface area contributed by atoms with E-state index in [1.54, 1.807) is 11.0 Å². The fourth-order valence-corrected chi connectivity index (χ4v) is 2.25. The highest BCUT2D eigenvalue weighted by molar-refractivity contribution is 5.91. The average Bonchev–Trinajstić information content (AvgIpc) is 2.94. The third kappa shape index (κ3) is 3.60. The molecule has 0 aliphatic carbocycles. The van der Waals surface area contributed by atoms with Crippen LogP contribution in [0.5, 0.6) is 0 Å². The molecule has 2 heterocycles. The van der Waals surface area contributed by atoms with E-state index in [4.69, 9.17) is 14.3 Å². The first-order valence-electron chi connectivity index (χ1n) is 6.81. The van der Waals surface area contributed by atoms with Gasteiger partial charge >= 0.3 is 5.97 Å². The van der Waals surface area contributed by atoms with E-state index >= 15 is 0 Å². The lowest BCUT2D eigenvalue weighted by molar-refractivity contribution is -0.145. The molecule has 6 heteroatoms. The monoisotopic (exact) mass is 281 g/mol. The fraction of sp³-hybridized carbons (Fsp3) is 0.571. The van der Waals surface area contributed by atoms with Crippen LogP contribution in [0.3, 0.4) is 0 Å². The number of piperidine rings is 1. The molecule has 0 saturated carbocycles. The van der Waals surface area contributed by atoms with Crippen molar-refractivity contribution in [3.8, 4) is 0 Å². The van der Waals surface area contributed by atoms with E-state index in [1.165, 1.54) is 0 Å². The van der Waals surface area contributed by atoms with Crippen LogP contribution in [0.25, 0.3) is 0 Å². The number of nitrogens with zero attached hydrogens (tertiary/aromatic N) is 1. The molecule has 1 aliphatic rings. The molecular formula is C14H19NO5. The van der Waals surface area contributed by atoms with Crippen LogP contribution in [0, 0.1) is 0 Å². The van der Waals surface area contributed by atoms with Crippen molar-refractivity contribution in [2.45, 2.75) is 32.3 Å². The smallest absolute Gasteiger partial charge is 0.329 e. The zero-order valence-corrected chi connectivity index (χ0v) is 11.5. The summed E-state index contributed by atoms with van der Waals surface area (Å²) < 4.78 is 10.7. The summed E-state index contributed by atoms with van der Waals surface area (Å²) in [6.45, 7) is 2.81. The molecular weight excluding hydrogens is 262 g/mol. The van der Waals surface area contributed by atoms with Gasteiger partial charge in [0.05, 0.1) is 6.10 Å². The van der Waals surface area contributed by atoms with Crippen LogP contribution in [0.2, 0.25) is 0 Å². The molecule has 1 N–H and O–H groups in total. The Morgan fingerprint density at radius 3 is 2.65 bits per heavy atom. The van der Waals surface area contributed by atoms with Crippen LogP contribution in [-0.2, 0) is 16.0 Å². The minimum Gasteiger partial charge on any atom is -0.480 e. The number of rotatable bonds is 5. The SMILES string of the molecule is CCc1ccc(C(=O)N2CCC(OCC(=O)O)CC2)o1. The number of ether oxygens (including phenoxy) is 1. The maximum absolute atomic E-state index is 12.2. The molecule has 1 aliphatic heterocycles. The van der Waals surface area contributed by atoms with Crippen LogP contribution >= 0.6 is 0 Å². The van der Waals surface area contributed by atoms with Crippen LogP contribution in [-0.4, -0.2) is 47.7 Å². The summed E-state index contributed by atoms with van der Waals surface area (Å²) in [7, 11) is 0. The highest BCUT2D eigenvalue weighted by atomic mass is 16.5. The number of aliphatic carboxylic acids is 1. The summed E-state index contributed by atoms with van der Waals surface area (Å²) in [5.41, 5.74) is 0. The molecule has 0 unspecified atom stereocenters. The van der Waals surface area contributed by atoms with Crippen molar-refractivity contribution < 1.29 is 23.8 Å². The van der Waals surface area contributed by atoms with Gasteiger partial charge in [-0.25, -0.2) is 4.79 Å². The Bertz CT molecular complexity index is 474. The highest BCUT2D eigenvalue weighted by Crippen LogP contribution is 2.17. The first-order valence-corrected chi connectivity index (χ1v) is 6.81. The van der Waals surface area contributed by atoms with E-state index < -0.39 is 5.97 Å². The molecule has 0 atom stereocenters. The number of hydrogen-bond donors (Lipinski definition) is 1. The molecule has 0 bridgehead atoms. The third-order valence-electron chi connectivity index (χ3n) is 3.39. The molecule has 1 fully saturated rings. The molecule has 2 rings (SSSR count). The third-order valence-corrected chi connectivity index (χ3v) is 3.39. The van der Waals surface area contributed by atoms with Gasteiger partial charge in [0.2, 0.25) is 0 Å². The van der Waals surface area contributed by atoms with Crippen molar-refractivity contribution in [3.63, 3.8) is 0 Å². The van der Waals surface area contributed by atoms with Crippen molar-refractivity contribution in [1.29, 1.82) is 0 Å². The Labute approximate surface area is 117 Å². The number of furan rings is 1. The number of amides is 1. The van der Waals surface area contributed by atoms with Crippen LogP contribution in [0.1, 0.15) is 36.1 Å². The van der Waals surface area contributed by atoms with E-state index in [2.05, 4.69) is 0 Å². The maximum atomic E-state index is 12.2. The van der Waals surface area contributed by atoms with Gasteiger partial charge < -0.3 is 19.2 Å². The molecule has 1 amide bonds. The van der Waals surface area contributed by atoms with Gasteiger partial charge in [-0.2, -0.15) is 0 Å². The van der Waals surface area contributed by atoms with Crippen LogP contribution in [0.4, 0.5) is 0 Å². The van der Waals surface area contributed by atoms with Gasteiger partial charge in [0.1, 0.15) is 12.4 Å². The van der Waals surface area contributed by atoms with Crippen molar-refractivity contribution in [2.24, 2.45) is 0 Å². The van der Waals surface area contributed by atoms with Crippen molar-refractivity contribution in [2.75, 3.05) is 19.7 Å². The van der Waals surface area contributed by atoms with Crippen molar-refractivity contribution in [1.82, 2.24) is 4.90 Å². The predicted molar refractivity (Wildman–Crippen MR) is 70.6 cm³/mol. The van der Waals surface area contributed by atoms with E-state index in [0.29, 0.717) is 31.7 Å². The number of carbonyl (C=O) groups is 2. The summed E-state index contributed by atoms with van der Waals surface area (Å²) in [6, 6.07) is 3.52. The van der Waals surface area contributed by atoms with E-state index in [0.717, 1.165) is 12.2 Å². The average molecular weight is 281 g/mol. The predicted octanol–water partition coefficient (Wildman–Crippen LogP) is 1.55. The van der Waals surface area contributed by atoms with E-state index in [-0.39, 0.29) is 18.6 Å². The number of carboxylic acids is 1. The Kier molecular flexibility index (Phi) is 4.79. The zero-order chi connectivity index (χ0) is 14.5. The minimum absolute atomic E-state index is 0.0852. The number of aryl methyl sites for hydroxylation is 1. The lowest BCUT2D eigenvalue weighted by Crippen LogP contribution is -2.41. The summed E-state index contributed by atoms with van der Waals surface area (Å²) in [5.74, 6) is 0.0901. The number of hydrogen-bond acceptors (Lipinski definition) is 4. The van der Waals surface area contributed by atoms with E-state index in [1.807, 2.05) is 13.0 Å². The number of carbonyl (C=O) groups excluding carboxylic acids is 1. The normalized spacial score (nSPS) is 16.4. The topological polar surface area (TPSA) is 80.0 Å². The second-order valence-corrected chi connectivity index (χ2v) is 4.82. The first kappa shape index (κ1) is 14.6. The second-order valence-electron chi connectivity index (χ2n) is 4.82. The lowest BCUT2D eigenvalue weighted by Gasteiger charge is -2.31. The Morgan fingerprint density at radius 2 is 2.10 bits per heavy atom. The van der Waals surface area contributed by atoms with Gasteiger partial charge in [0, 0.05) is 19.5 Å². The highest BCUT2D eigenvalue weighted by Gasteiger charge is 2.26. The number of likely N-dealkylation sites (tertiary alicyclic amines) is 1. The van der Waals surface area contributed by atoms with Crippen LogP contribution in [0.15, 0.2) is 16.5 Å². The molecule has 110 valence electrons. The summed E-state index contributed by atoms with van der Waals surface area (Å²) >= 11 is 0. The van der Waals surface area contributed by atoms with Gasteiger partial charge in [-0.1, -0.05) is 6.92 Å². The second kappa shape index (κ2) is 6.56. The summed E-state index contributed by atoms with van der Waals surface area (Å²) in [5, 5.41) is 8.56. The number of carboxylic acid groups (broad SMARTS) is 1. The molecule has 0 aromatic carbocycles. The van der Waals surface area contributed by atoms with Crippen molar-refractivity contribution in [3.05, 3.63) is 23.7 Å². The van der Waals surface area contributed by atoms with Gasteiger partial charge in [-0.05, 0) is 25.0 Å². The molecule has 0 radical (unpaired) electrons.